The maximum Gasteiger partial charge on any atom is 0.305 e. The normalized spacial score (nSPS) is 12.8. The Labute approximate surface area is 176 Å². The predicted octanol–water partition coefficient (Wildman–Crippen LogP) is 3.28. The number of halogens is 1. The maximum atomic E-state index is 12.4. The standard InChI is InChI=1S/C20H17ClN2O5S/c21-16-4-2-1-3-12(16)10-29-11-17(24)22-13-5-6-14-15(9-13)20(28)23(19(14)27)8-7-18(25)26/h1-6,9H,7-8,10-11H2,(H,22,24)(H,25,26). The third kappa shape index (κ3) is 4.96. The fourth-order valence-corrected chi connectivity index (χ4v) is 3.96. The molecule has 0 unspecified atom stereocenters. The van der Waals surface area contributed by atoms with Gasteiger partial charge in [0.2, 0.25) is 5.91 Å². The Morgan fingerprint density at radius 2 is 1.79 bits per heavy atom. The molecule has 2 aromatic rings. The zero-order chi connectivity index (χ0) is 21.0. The number of amides is 3. The molecule has 0 bridgehead atoms. The van der Waals surface area contributed by atoms with Crippen LogP contribution in [0.4, 0.5) is 5.69 Å². The summed E-state index contributed by atoms with van der Waals surface area (Å²) < 4.78 is 0. The summed E-state index contributed by atoms with van der Waals surface area (Å²) in [5.41, 5.74) is 1.69. The van der Waals surface area contributed by atoms with Crippen LogP contribution in [0.3, 0.4) is 0 Å². The number of carboxylic acid groups (broad SMARTS) is 1. The van der Waals surface area contributed by atoms with Crippen molar-refractivity contribution in [2.75, 3.05) is 17.6 Å². The number of benzene rings is 2. The summed E-state index contributed by atoms with van der Waals surface area (Å²) in [5, 5.41) is 12.1. The molecule has 0 fully saturated rings. The molecular formula is C20H17ClN2O5S. The van der Waals surface area contributed by atoms with Crippen LogP contribution in [0.1, 0.15) is 32.7 Å². The largest absolute Gasteiger partial charge is 0.481 e. The lowest BCUT2D eigenvalue weighted by Gasteiger charge is -2.11. The lowest BCUT2D eigenvalue weighted by molar-refractivity contribution is -0.137. The molecule has 1 aliphatic rings. The molecule has 0 atom stereocenters. The van der Waals surface area contributed by atoms with E-state index in [1.807, 2.05) is 18.2 Å². The van der Waals surface area contributed by atoms with E-state index in [0.717, 1.165) is 10.5 Å². The summed E-state index contributed by atoms with van der Waals surface area (Å²) in [4.78, 5) is 48.5. The lowest BCUT2D eigenvalue weighted by atomic mass is 10.1. The number of hydrogen-bond acceptors (Lipinski definition) is 5. The monoisotopic (exact) mass is 432 g/mol. The second kappa shape index (κ2) is 9.11. The summed E-state index contributed by atoms with van der Waals surface area (Å²) in [6.45, 7) is -0.192. The van der Waals surface area contributed by atoms with E-state index in [1.54, 1.807) is 12.1 Å². The fraction of sp³-hybridized carbons (Fsp3) is 0.200. The molecule has 9 heteroatoms. The maximum absolute atomic E-state index is 12.4. The van der Waals surface area contributed by atoms with Gasteiger partial charge in [-0.05, 0) is 29.8 Å². The molecule has 0 saturated heterocycles. The van der Waals surface area contributed by atoms with Crippen LogP contribution >= 0.6 is 23.4 Å². The number of imide groups is 1. The molecule has 0 radical (unpaired) electrons. The van der Waals surface area contributed by atoms with Crippen LogP contribution in [0.15, 0.2) is 42.5 Å². The quantitative estimate of drug-likeness (QED) is 0.620. The van der Waals surface area contributed by atoms with E-state index in [4.69, 9.17) is 16.7 Å². The van der Waals surface area contributed by atoms with E-state index in [1.165, 1.54) is 23.9 Å². The first-order valence-electron chi connectivity index (χ1n) is 8.70. The second-order valence-corrected chi connectivity index (χ2v) is 7.69. The first-order chi connectivity index (χ1) is 13.9. The molecule has 29 heavy (non-hydrogen) atoms. The van der Waals surface area contributed by atoms with Crippen molar-refractivity contribution in [3.63, 3.8) is 0 Å². The average Bonchev–Trinajstić information content (AvgIpc) is 2.91. The van der Waals surface area contributed by atoms with Gasteiger partial charge in [0.25, 0.3) is 11.8 Å². The SMILES string of the molecule is O=C(O)CCN1C(=O)c2ccc(NC(=O)CSCc3ccccc3Cl)cc2C1=O. The minimum absolute atomic E-state index is 0.155. The average molecular weight is 433 g/mol. The smallest absolute Gasteiger partial charge is 0.305 e. The summed E-state index contributed by atoms with van der Waals surface area (Å²) in [5.74, 6) is -1.65. The Morgan fingerprint density at radius 3 is 2.52 bits per heavy atom. The summed E-state index contributed by atoms with van der Waals surface area (Å²) in [7, 11) is 0. The third-order valence-corrected chi connectivity index (χ3v) is 5.60. The van der Waals surface area contributed by atoms with Crippen LogP contribution in [0, 0.1) is 0 Å². The molecule has 0 aliphatic carbocycles. The number of carboxylic acids is 1. The topological polar surface area (TPSA) is 104 Å². The number of nitrogens with one attached hydrogen (secondary N) is 1. The number of aliphatic carboxylic acids is 1. The van der Waals surface area contributed by atoms with Crippen molar-refractivity contribution in [2.45, 2.75) is 12.2 Å². The molecular weight excluding hydrogens is 416 g/mol. The van der Waals surface area contributed by atoms with Crippen molar-refractivity contribution < 1.29 is 24.3 Å². The highest BCUT2D eigenvalue weighted by molar-refractivity contribution is 7.99. The molecule has 0 saturated carbocycles. The number of thioether (sulfide) groups is 1. The van der Waals surface area contributed by atoms with Gasteiger partial charge in [0, 0.05) is 23.0 Å². The first-order valence-corrected chi connectivity index (χ1v) is 10.2. The molecule has 0 spiro atoms. The molecule has 3 rings (SSSR count). The van der Waals surface area contributed by atoms with Crippen LogP contribution in [0.2, 0.25) is 5.02 Å². The van der Waals surface area contributed by atoms with Crippen molar-refractivity contribution in [3.05, 3.63) is 64.2 Å². The van der Waals surface area contributed by atoms with Gasteiger partial charge in [0.15, 0.2) is 0 Å². The zero-order valence-corrected chi connectivity index (χ0v) is 16.8. The van der Waals surface area contributed by atoms with Crippen LogP contribution in [0.5, 0.6) is 0 Å². The van der Waals surface area contributed by atoms with Crippen molar-refractivity contribution in [2.24, 2.45) is 0 Å². The van der Waals surface area contributed by atoms with E-state index in [-0.39, 0.29) is 35.8 Å². The summed E-state index contributed by atoms with van der Waals surface area (Å²) in [6, 6.07) is 11.8. The Balaban J connectivity index is 1.59. The molecule has 150 valence electrons. The highest BCUT2D eigenvalue weighted by Gasteiger charge is 2.35. The number of carbonyl (C=O) groups excluding carboxylic acids is 3. The van der Waals surface area contributed by atoms with Gasteiger partial charge in [-0.25, -0.2) is 0 Å². The van der Waals surface area contributed by atoms with E-state index in [2.05, 4.69) is 5.32 Å². The molecule has 2 N–H and O–H groups in total. The number of fused-ring (bicyclic) bond motifs is 1. The van der Waals surface area contributed by atoms with Crippen LogP contribution in [0.25, 0.3) is 0 Å². The second-order valence-electron chi connectivity index (χ2n) is 6.30. The highest BCUT2D eigenvalue weighted by atomic mass is 35.5. The van der Waals surface area contributed by atoms with E-state index in [0.29, 0.717) is 16.5 Å². The van der Waals surface area contributed by atoms with Gasteiger partial charge in [-0.2, -0.15) is 0 Å². The Bertz CT molecular complexity index is 995. The Morgan fingerprint density at radius 1 is 1.07 bits per heavy atom. The zero-order valence-electron chi connectivity index (χ0n) is 15.2. The van der Waals surface area contributed by atoms with Gasteiger partial charge in [-0.1, -0.05) is 29.8 Å². The van der Waals surface area contributed by atoms with Gasteiger partial charge in [0.05, 0.1) is 23.3 Å². The van der Waals surface area contributed by atoms with Gasteiger partial charge >= 0.3 is 5.97 Å². The van der Waals surface area contributed by atoms with Crippen molar-refractivity contribution in [1.29, 1.82) is 0 Å². The molecule has 3 amide bonds. The molecule has 2 aromatic carbocycles. The predicted molar refractivity (Wildman–Crippen MR) is 110 cm³/mol. The van der Waals surface area contributed by atoms with Crippen LogP contribution in [-0.4, -0.2) is 46.0 Å². The van der Waals surface area contributed by atoms with Crippen LogP contribution < -0.4 is 5.32 Å². The van der Waals surface area contributed by atoms with Crippen molar-refractivity contribution in [1.82, 2.24) is 4.90 Å². The van der Waals surface area contributed by atoms with Gasteiger partial charge < -0.3 is 10.4 Å². The lowest BCUT2D eigenvalue weighted by Crippen LogP contribution is -2.31. The minimum Gasteiger partial charge on any atom is -0.481 e. The molecule has 1 aliphatic heterocycles. The number of carbonyl (C=O) groups is 4. The van der Waals surface area contributed by atoms with Crippen molar-refractivity contribution >= 4 is 52.7 Å². The fourth-order valence-electron chi connectivity index (χ4n) is 2.85. The number of nitrogens with zero attached hydrogens (tertiary/aromatic N) is 1. The Hall–Kier alpha value is -2.84. The van der Waals surface area contributed by atoms with Gasteiger partial charge in [0.1, 0.15) is 0 Å². The van der Waals surface area contributed by atoms with E-state index < -0.39 is 17.8 Å². The number of anilines is 1. The van der Waals surface area contributed by atoms with E-state index >= 15 is 0 Å². The van der Waals surface area contributed by atoms with Gasteiger partial charge in [-0.3, -0.25) is 24.1 Å². The minimum atomic E-state index is -1.09. The number of hydrogen-bond donors (Lipinski definition) is 2. The molecule has 0 aromatic heterocycles. The first kappa shape index (κ1) is 20.9. The van der Waals surface area contributed by atoms with Crippen LogP contribution in [-0.2, 0) is 15.3 Å². The highest BCUT2D eigenvalue weighted by Crippen LogP contribution is 2.26. The summed E-state index contributed by atoms with van der Waals surface area (Å²) >= 11 is 7.49. The number of rotatable bonds is 8. The van der Waals surface area contributed by atoms with E-state index in [9.17, 15) is 19.2 Å². The van der Waals surface area contributed by atoms with Gasteiger partial charge in [-0.15, -0.1) is 11.8 Å². The summed E-state index contributed by atoms with van der Waals surface area (Å²) in [6.07, 6.45) is -0.322. The Kier molecular flexibility index (Phi) is 6.56. The van der Waals surface area contributed by atoms with Crippen molar-refractivity contribution in [3.8, 4) is 0 Å². The molecule has 7 nitrogen and oxygen atoms in total. The third-order valence-electron chi connectivity index (χ3n) is 4.25. The molecule has 1 heterocycles.